The summed E-state index contributed by atoms with van der Waals surface area (Å²) in [5.41, 5.74) is 5.31. The zero-order valence-electron chi connectivity index (χ0n) is 14.3. The number of hydrogen-bond acceptors (Lipinski definition) is 5. The molecule has 6 nitrogen and oxygen atoms in total. The number of hydrazone groups is 1. The molecule has 3 heterocycles. The quantitative estimate of drug-likeness (QED) is 0.395. The molecule has 4 rings (SSSR count). The van der Waals surface area contributed by atoms with E-state index in [2.05, 4.69) is 20.5 Å². The maximum atomic E-state index is 11.9. The Labute approximate surface area is 159 Å². The van der Waals surface area contributed by atoms with Crippen molar-refractivity contribution in [1.29, 1.82) is 0 Å². The number of pyridine rings is 1. The van der Waals surface area contributed by atoms with Gasteiger partial charge >= 0.3 is 0 Å². The van der Waals surface area contributed by atoms with E-state index < -0.39 is 0 Å². The number of aromatic nitrogens is 2. The molecule has 7 heteroatoms. The van der Waals surface area contributed by atoms with Gasteiger partial charge in [-0.3, -0.25) is 4.79 Å². The molecular weight excluding hydrogens is 360 g/mol. The van der Waals surface area contributed by atoms with Crippen molar-refractivity contribution in [2.75, 3.05) is 0 Å². The molecule has 0 unspecified atom stereocenters. The number of carbonyl (C=O) groups excluding carboxylic acids is 1. The van der Waals surface area contributed by atoms with Gasteiger partial charge in [-0.15, -0.1) is 11.3 Å². The highest BCUT2D eigenvalue weighted by atomic mass is 32.1. The molecule has 0 fully saturated rings. The Morgan fingerprint density at radius 1 is 1.26 bits per heavy atom. The third-order valence-corrected chi connectivity index (χ3v) is 4.79. The van der Waals surface area contributed by atoms with Crippen molar-refractivity contribution >= 4 is 34.4 Å². The normalized spacial score (nSPS) is 11.1. The molecule has 0 spiro atoms. The second kappa shape index (κ2) is 7.84. The molecule has 0 atom stereocenters. The van der Waals surface area contributed by atoms with E-state index in [1.807, 2.05) is 54.0 Å². The summed E-state index contributed by atoms with van der Waals surface area (Å²) in [6.07, 6.45) is 5.14. The first-order valence-corrected chi connectivity index (χ1v) is 9.18. The first-order valence-electron chi connectivity index (χ1n) is 8.30. The van der Waals surface area contributed by atoms with E-state index >= 15 is 0 Å². The number of benzene rings is 1. The number of H-pyrrole nitrogens is 1. The smallest absolute Gasteiger partial charge is 0.281 e. The van der Waals surface area contributed by atoms with E-state index in [1.54, 1.807) is 18.5 Å². The summed E-state index contributed by atoms with van der Waals surface area (Å²) in [5.74, 6) is 0.304. The lowest BCUT2D eigenvalue weighted by molar-refractivity contribution is 0.0959. The molecule has 2 N–H and O–H groups in total. The predicted molar refractivity (Wildman–Crippen MR) is 106 cm³/mol. The number of rotatable bonds is 6. The van der Waals surface area contributed by atoms with Crippen LogP contribution >= 0.6 is 11.3 Å². The molecule has 0 saturated carbocycles. The summed E-state index contributed by atoms with van der Waals surface area (Å²) in [4.78, 5) is 20.0. The summed E-state index contributed by atoms with van der Waals surface area (Å²) >= 11 is 1.37. The summed E-state index contributed by atoms with van der Waals surface area (Å²) in [6, 6.07) is 15.4. The van der Waals surface area contributed by atoms with Gasteiger partial charge in [-0.25, -0.2) is 10.4 Å². The lowest BCUT2D eigenvalue weighted by Crippen LogP contribution is -2.15. The predicted octanol–water partition coefficient (Wildman–Crippen LogP) is 3.97. The van der Waals surface area contributed by atoms with Crippen molar-refractivity contribution in [2.24, 2.45) is 5.10 Å². The molecule has 0 aliphatic carbocycles. The van der Waals surface area contributed by atoms with Gasteiger partial charge < -0.3 is 9.72 Å². The van der Waals surface area contributed by atoms with E-state index in [4.69, 9.17) is 4.74 Å². The van der Waals surface area contributed by atoms with Gasteiger partial charge in [0.05, 0.1) is 22.8 Å². The molecular formula is C20H16N4O2S. The molecule has 0 bridgehead atoms. The van der Waals surface area contributed by atoms with Crippen LogP contribution in [0.4, 0.5) is 0 Å². The van der Waals surface area contributed by atoms with Crippen LogP contribution in [0.1, 0.15) is 20.8 Å². The summed E-state index contributed by atoms with van der Waals surface area (Å²) in [7, 11) is 0. The van der Waals surface area contributed by atoms with E-state index in [1.165, 1.54) is 11.3 Å². The number of fused-ring (bicyclic) bond motifs is 1. The van der Waals surface area contributed by atoms with Crippen LogP contribution in [0.15, 0.2) is 71.4 Å². The fourth-order valence-electron chi connectivity index (χ4n) is 2.56. The number of amides is 1. The van der Waals surface area contributed by atoms with E-state index in [0.29, 0.717) is 17.4 Å². The fraction of sp³-hybridized carbons (Fsp3) is 0.0500. The highest BCUT2D eigenvalue weighted by molar-refractivity contribution is 7.12. The average Bonchev–Trinajstić information content (AvgIpc) is 3.37. The molecule has 0 aliphatic rings. The number of thiophene rings is 1. The molecule has 0 aliphatic heterocycles. The Morgan fingerprint density at radius 3 is 2.96 bits per heavy atom. The summed E-state index contributed by atoms with van der Waals surface area (Å²) in [5, 5.41) is 6.81. The Kier molecular flexibility index (Phi) is 4.93. The van der Waals surface area contributed by atoms with Crippen molar-refractivity contribution in [3.05, 3.63) is 82.3 Å². The highest BCUT2D eigenvalue weighted by Gasteiger charge is 2.07. The van der Waals surface area contributed by atoms with Gasteiger partial charge in [0.1, 0.15) is 6.61 Å². The van der Waals surface area contributed by atoms with Crippen LogP contribution in [0.5, 0.6) is 5.88 Å². The van der Waals surface area contributed by atoms with Crippen LogP contribution in [0, 0.1) is 0 Å². The van der Waals surface area contributed by atoms with Gasteiger partial charge in [0.2, 0.25) is 5.88 Å². The Balaban J connectivity index is 1.46. The van der Waals surface area contributed by atoms with Crippen LogP contribution in [0.25, 0.3) is 10.9 Å². The SMILES string of the molecule is O=C(N/N=C/c1c[nH]c2cnc(OCc3ccccc3)cc12)c1cccs1. The molecule has 4 aromatic rings. The standard InChI is InChI=1S/C20H16N4O2S/c25-20(18-7-4-8-27-18)24-23-11-15-10-21-17-12-22-19(9-16(15)17)26-13-14-5-2-1-3-6-14/h1-12,21H,13H2,(H,24,25)/b23-11+. The minimum Gasteiger partial charge on any atom is -0.473 e. The van der Waals surface area contributed by atoms with Crippen molar-refractivity contribution in [3.63, 3.8) is 0 Å². The molecule has 0 radical (unpaired) electrons. The molecule has 1 aromatic carbocycles. The zero-order chi connectivity index (χ0) is 18.5. The Morgan fingerprint density at radius 2 is 2.15 bits per heavy atom. The maximum Gasteiger partial charge on any atom is 0.281 e. The van der Waals surface area contributed by atoms with Gasteiger partial charge in [-0.1, -0.05) is 36.4 Å². The largest absolute Gasteiger partial charge is 0.473 e. The van der Waals surface area contributed by atoms with Gasteiger partial charge in [0.25, 0.3) is 5.91 Å². The van der Waals surface area contributed by atoms with Gasteiger partial charge in [0.15, 0.2) is 0 Å². The van der Waals surface area contributed by atoms with E-state index in [-0.39, 0.29) is 5.91 Å². The van der Waals surface area contributed by atoms with Crippen LogP contribution in [0.2, 0.25) is 0 Å². The minimum atomic E-state index is -0.227. The Bertz CT molecular complexity index is 1070. The summed E-state index contributed by atoms with van der Waals surface area (Å²) in [6.45, 7) is 0.448. The lowest BCUT2D eigenvalue weighted by Gasteiger charge is -2.05. The van der Waals surface area contributed by atoms with Crippen molar-refractivity contribution in [1.82, 2.24) is 15.4 Å². The molecule has 0 saturated heterocycles. The lowest BCUT2D eigenvalue weighted by atomic mass is 10.2. The molecule has 134 valence electrons. The third-order valence-electron chi connectivity index (χ3n) is 3.92. The van der Waals surface area contributed by atoms with Crippen LogP contribution < -0.4 is 10.2 Å². The van der Waals surface area contributed by atoms with Gasteiger partial charge in [-0.05, 0) is 17.0 Å². The first kappa shape index (κ1) is 17.0. The Hall–Kier alpha value is -3.45. The van der Waals surface area contributed by atoms with Crippen LogP contribution in [0.3, 0.4) is 0 Å². The topological polar surface area (TPSA) is 79.4 Å². The number of carbonyl (C=O) groups is 1. The molecule has 1 amide bonds. The van der Waals surface area contributed by atoms with Crippen LogP contribution in [-0.4, -0.2) is 22.1 Å². The number of aromatic amines is 1. The third kappa shape index (κ3) is 4.04. The van der Waals surface area contributed by atoms with Gasteiger partial charge in [-0.2, -0.15) is 5.10 Å². The van der Waals surface area contributed by atoms with Crippen molar-refractivity contribution in [3.8, 4) is 5.88 Å². The van der Waals surface area contributed by atoms with Gasteiger partial charge in [0, 0.05) is 23.2 Å². The van der Waals surface area contributed by atoms with Crippen molar-refractivity contribution in [2.45, 2.75) is 6.61 Å². The van der Waals surface area contributed by atoms with E-state index in [0.717, 1.165) is 22.0 Å². The number of hydrogen-bond donors (Lipinski definition) is 2. The molecule has 3 aromatic heterocycles. The second-order valence-electron chi connectivity index (χ2n) is 5.76. The molecule has 27 heavy (non-hydrogen) atoms. The highest BCUT2D eigenvalue weighted by Crippen LogP contribution is 2.21. The average molecular weight is 376 g/mol. The second-order valence-corrected chi connectivity index (χ2v) is 6.71. The number of nitrogens with one attached hydrogen (secondary N) is 2. The van der Waals surface area contributed by atoms with E-state index in [9.17, 15) is 4.79 Å². The number of ether oxygens (including phenoxy) is 1. The zero-order valence-corrected chi connectivity index (χ0v) is 15.1. The summed E-state index contributed by atoms with van der Waals surface area (Å²) < 4.78 is 5.78. The number of nitrogens with zero attached hydrogens (tertiary/aromatic N) is 2. The maximum absolute atomic E-state index is 11.9. The monoisotopic (exact) mass is 376 g/mol. The first-order chi connectivity index (χ1) is 13.3. The minimum absolute atomic E-state index is 0.227. The van der Waals surface area contributed by atoms with Crippen molar-refractivity contribution < 1.29 is 9.53 Å². The fourth-order valence-corrected chi connectivity index (χ4v) is 3.18. The van der Waals surface area contributed by atoms with Crippen LogP contribution in [-0.2, 0) is 6.61 Å².